The molecule has 0 radical (unpaired) electrons. The van der Waals surface area contributed by atoms with Crippen LogP contribution in [-0.4, -0.2) is 63.2 Å². The third-order valence-corrected chi connectivity index (χ3v) is 5.83. The van der Waals surface area contributed by atoms with Crippen LogP contribution in [-0.2, 0) is 9.53 Å². The van der Waals surface area contributed by atoms with E-state index in [1.165, 1.54) is 25.7 Å². The standard InChI is InChI=1S/C18H32N4O2/c1-22(2)17(23)12-20-18(19-11-13-5-7-24-8-6-13)21-16-10-14-3-4-15(16)9-14/h13-16H,3-12H2,1-2H3,(H2,19,20,21). The zero-order valence-electron chi connectivity index (χ0n) is 15.1. The number of guanidine groups is 1. The predicted molar refractivity (Wildman–Crippen MR) is 94.9 cm³/mol. The second kappa shape index (κ2) is 8.19. The van der Waals surface area contributed by atoms with E-state index in [1.807, 2.05) is 0 Å². The smallest absolute Gasteiger partial charge is 0.243 e. The first-order valence-electron chi connectivity index (χ1n) is 9.44. The Morgan fingerprint density at radius 2 is 1.96 bits per heavy atom. The van der Waals surface area contributed by atoms with Gasteiger partial charge in [0.15, 0.2) is 5.96 Å². The van der Waals surface area contributed by atoms with Crippen LogP contribution in [0.15, 0.2) is 4.99 Å². The molecule has 0 aromatic heterocycles. The normalized spacial score (nSPS) is 30.4. The summed E-state index contributed by atoms with van der Waals surface area (Å²) in [6, 6.07) is 0.527. The van der Waals surface area contributed by atoms with Gasteiger partial charge in [-0.25, -0.2) is 4.99 Å². The lowest BCUT2D eigenvalue weighted by Crippen LogP contribution is -2.47. The van der Waals surface area contributed by atoms with Crippen LogP contribution < -0.4 is 10.6 Å². The zero-order chi connectivity index (χ0) is 16.9. The molecule has 3 atom stereocenters. The highest BCUT2D eigenvalue weighted by Gasteiger charge is 2.39. The molecule has 2 saturated carbocycles. The highest BCUT2D eigenvalue weighted by molar-refractivity contribution is 5.85. The van der Waals surface area contributed by atoms with Crippen molar-refractivity contribution in [3.05, 3.63) is 0 Å². The Balaban J connectivity index is 1.54. The van der Waals surface area contributed by atoms with Crippen molar-refractivity contribution < 1.29 is 9.53 Å². The Labute approximate surface area is 145 Å². The second-order valence-corrected chi connectivity index (χ2v) is 7.82. The molecule has 3 aliphatic rings. The van der Waals surface area contributed by atoms with Gasteiger partial charge >= 0.3 is 0 Å². The summed E-state index contributed by atoms with van der Waals surface area (Å²) in [4.78, 5) is 18.0. The maximum atomic E-state index is 11.9. The highest BCUT2D eigenvalue weighted by atomic mass is 16.5. The van der Waals surface area contributed by atoms with Gasteiger partial charge in [0, 0.05) is 39.9 Å². The Kier molecular flexibility index (Phi) is 5.98. The summed E-state index contributed by atoms with van der Waals surface area (Å²) in [6.07, 6.45) is 7.55. The van der Waals surface area contributed by atoms with E-state index in [-0.39, 0.29) is 12.5 Å². The van der Waals surface area contributed by atoms with Crippen LogP contribution in [0.3, 0.4) is 0 Å². The maximum Gasteiger partial charge on any atom is 0.243 e. The van der Waals surface area contributed by atoms with Crippen molar-refractivity contribution in [3.8, 4) is 0 Å². The van der Waals surface area contributed by atoms with Crippen molar-refractivity contribution in [1.82, 2.24) is 15.5 Å². The largest absolute Gasteiger partial charge is 0.381 e. The van der Waals surface area contributed by atoms with Crippen molar-refractivity contribution in [2.24, 2.45) is 22.7 Å². The fourth-order valence-electron chi connectivity index (χ4n) is 4.23. The molecule has 3 fully saturated rings. The third-order valence-electron chi connectivity index (χ3n) is 5.83. The Hall–Kier alpha value is -1.30. The van der Waals surface area contributed by atoms with Crippen LogP contribution in [0.25, 0.3) is 0 Å². The number of ether oxygens (including phenoxy) is 1. The van der Waals surface area contributed by atoms with E-state index in [9.17, 15) is 4.79 Å². The molecule has 2 bridgehead atoms. The summed E-state index contributed by atoms with van der Waals surface area (Å²) in [5.74, 6) is 3.17. The molecule has 2 N–H and O–H groups in total. The minimum Gasteiger partial charge on any atom is -0.381 e. The van der Waals surface area contributed by atoms with Crippen molar-refractivity contribution in [2.45, 2.75) is 44.6 Å². The quantitative estimate of drug-likeness (QED) is 0.585. The fraction of sp³-hybridized carbons (Fsp3) is 0.889. The van der Waals surface area contributed by atoms with Gasteiger partial charge in [0.25, 0.3) is 0 Å². The number of hydrogen-bond acceptors (Lipinski definition) is 3. The Morgan fingerprint density at radius 1 is 1.17 bits per heavy atom. The van der Waals surface area contributed by atoms with Crippen molar-refractivity contribution in [2.75, 3.05) is 40.4 Å². The lowest BCUT2D eigenvalue weighted by molar-refractivity contribution is -0.127. The van der Waals surface area contributed by atoms with Crippen LogP contribution in [0.1, 0.15) is 38.5 Å². The van der Waals surface area contributed by atoms with E-state index in [0.29, 0.717) is 12.0 Å². The lowest BCUT2D eigenvalue weighted by Gasteiger charge is -2.27. The summed E-state index contributed by atoms with van der Waals surface area (Å²) >= 11 is 0. The van der Waals surface area contributed by atoms with Crippen LogP contribution in [0.2, 0.25) is 0 Å². The average molecular weight is 336 g/mol. The van der Waals surface area contributed by atoms with Crippen molar-refractivity contribution >= 4 is 11.9 Å². The monoisotopic (exact) mass is 336 g/mol. The number of hydrogen-bond donors (Lipinski definition) is 2. The van der Waals surface area contributed by atoms with Gasteiger partial charge in [-0.2, -0.15) is 0 Å². The van der Waals surface area contributed by atoms with Crippen LogP contribution in [0, 0.1) is 17.8 Å². The number of nitrogens with zero attached hydrogens (tertiary/aromatic N) is 2. The van der Waals surface area contributed by atoms with Gasteiger partial charge in [0.2, 0.25) is 5.91 Å². The number of rotatable bonds is 5. The van der Waals surface area contributed by atoms with Gasteiger partial charge in [0.05, 0.1) is 0 Å². The minimum absolute atomic E-state index is 0.0371. The molecule has 3 unspecified atom stereocenters. The molecule has 0 aromatic rings. The summed E-state index contributed by atoms with van der Waals surface area (Å²) in [5.41, 5.74) is 0. The van der Waals surface area contributed by atoms with Crippen LogP contribution >= 0.6 is 0 Å². The number of fused-ring (bicyclic) bond motifs is 2. The summed E-state index contributed by atoms with van der Waals surface area (Å²) in [7, 11) is 3.55. The maximum absolute atomic E-state index is 11.9. The lowest BCUT2D eigenvalue weighted by atomic mass is 9.95. The molecule has 0 spiro atoms. The average Bonchev–Trinajstić information content (AvgIpc) is 3.20. The highest BCUT2D eigenvalue weighted by Crippen LogP contribution is 2.44. The molecule has 6 nitrogen and oxygen atoms in total. The fourth-order valence-corrected chi connectivity index (χ4v) is 4.23. The third kappa shape index (κ3) is 4.62. The molecule has 136 valence electrons. The van der Waals surface area contributed by atoms with Gasteiger partial charge in [-0.15, -0.1) is 0 Å². The zero-order valence-corrected chi connectivity index (χ0v) is 15.1. The molecule has 3 rings (SSSR count). The number of amides is 1. The molecule has 1 aliphatic heterocycles. The molecule has 24 heavy (non-hydrogen) atoms. The first kappa shape index (κ1) is 17.5. The van der Waals surface area contributed by atoms with E-state index in [0.717, 1.165) is 50.4 Å². The van der Waals surface area contributed by atoms with Crippen molar-refractivity contribution in [1.29, 1.82) is 0 Å². The molecule has 0 aromatic carbocycles. The summed E-state index contributed by atoms with van der Waals surface area (Å²) in [5, 5.41) is 7.10. The minimum atomic E-state index is 0.0371. The molecule has 1 heterocycles. The number of carbonyl (C=O) groups excluding carboxylic acids is 1. The molecule has 1 saturated heterocycles. The first-order chi connectivity index (χ1) is 11.6. The number of aliphatic imine (C=N–C) groups is 1. The number of nitrogens with one attached hydrogen (secondary N) is 2. The Morgan fingerprint density at radius 3 is 2.58 bits per heavy atom. The second-order valence-electron chi connectivity index (χ2n) is 7.82. The topological polar surface area (TPSA) is 66.0 Å². The van der Waals surface area contributed by atoms with Crippen LogP contribution in [0.5, 0.6) is 0 Å². The SMILES string of the molecule is CN(C)C(=O)CN=C(NCC1CCOCC1)NC1CC2CCC1C2. The molecular weight excluding hydrogens is 304 g/mol. The molecular formula is C18H32N4O2. The van der Waals surface area contributed by atoms with E-state index in [1.54, 1.807) is 19.0 Å². The van der Waals surface area contributed by atoms with Crippen LogP contribution in [0.4, 0.5) is 0 Å². The predicted octanol–water partition coefficient (Wildman–Crippen LogP) is 1.23. The van der Waals surface area contributed by atoms with Gasteiger partial charge in [-0.1, -0.05) is 6.42 Å². The molecule has 2 aliphatic carbocycles. The number of carbonyl (C=O) groups is 1. The summed E-state index contributed by atoms with van der Waals surface area (Å²) in [6.45, 7) is 2.83. The van der Waals surface area contributed by atoms with Gasteiger partial charge in [-0.05, 0) is 49.9 Å². The van der Waals surface area contributed by atoms with E-state index >= 15 is 0 Å². The van der Waals surface area contributed by atoms with Crippen molar-refractivity contribution in [3.63, 3.8) is 0 Å². The van der Waals surface area contributed by atoms with Gasteiger partial charge in [0.1, 0.15) is 6.54 Å². The summed E-state index contributed by atoms with van der Waals surface area (Å²) < 4.78 is 5.43. The number of likely N-dealkylation sites (N-methyl/N-ethyl adjacent to an activating group) is 1. The van der Waals surface area contributed by atoms with E-state index < -0.39 is 0 Å². The first-order valence-corrected chi connectivity index (χ1v) is 9.44. The molecule has 6 heteroatoms. The Bertz CT molecular complexity index is 460. The van der Waals surface area contributed by atoms with Gasteiger partial charge in [-0.3, -0.25) is 4.79 Å². The van der Waals surface area contributed by atoms with Gasteiger partial charge < -0.3 is 20.3 Å². The molecule has 1 amide bonds. The van der Waals surface area contributed by atoms with E-state index in [4.69, 9.17) is 4.74 Å². The van der Waals surface area contributed by atoms with E-state index in [2.05, 4.69) is 15.6 Å².